The zero-order valence-electron chi connectivity index (χ0n) is 10.8. The Hall–Kier alpha value is -1.74. The van der Waals surface area contributed by atoms with Crippen LogP contribution in [0.25, 0.3) is 11.4 Å². The van der Waals surface area contributed by atoms with Gasteiger partial charge in [-0.3, -0.25) is 0 Å². The summed E-state index contributed by atoms with van der Waals surface area (Å²) >= 11 is 0. The fourth-order valence-electron chi connectivity index (χ4n) is 1.74. The first-order valence-corrected chi connectivity index (χ1v) is 6.48. The highest BCUT2D eigenvalue weighted by Gasteiger charge is 2.01. The molecule has 1 aromatic heterocycles. The topological polar surface area (TPSA) is 37.8 Å². The molecule has 2 aromatic rings. The maximum Gasteiger partial charge on any atom is 0.159 e. The Bertz CT molecular complexity index is 468. The molecule has 0 amide bonds. The third-order valence-corrected chi connectivity index (χ3v) is 2.76. The summed E-state index contributed by atoms with van der Waals surface area (Å²) in [5.74, 6) is 0.797. The van der Waals surface area contributed by atoms with Gasteiger partial charge in [0.25, 0.3) is 0 Å². The second-order valence-electron chi connectivity index (χ2n) is 4.27. The molecule has 1 N–H and O–H groups in total. The third kappa shape index (κ3) is 3.64. The Balaban J connectivity index is 2.02. The first-order chi connectivity index (χ1) is 8.90. The van der Waals surface area contributed by atoms with Crippen LogP contribution in [0.3, 0.4) is 0 Å². The number of benzene rings is 1. The van der Waals surface area contributed by atoms with Gasteiger partial charge >= 0.3 is 0 Å². The molecule has 3 nitrogen and oxygen atoms in total. The average molecular weight is 241 g/mol. The molecule has 0 fully saturated rings. The predicted molar refractivity (Wildman–Crippen MR) is 74.1 cm³/mol. The van der Waals surface area contributed by atoms with Gasteiger partial charge in [0.2, 0.25) is 0 Å². The maximum absolute atomic E-state index is 4.57. The molecule has 0 unspecified atom stereocenters. The Kier molecular flexibility index (Phi) is 4.85. The molecular weight excluding hydrogens is 222 g/mol. The molecule has 1 aromatic carbocycles. The van der Waals surface area contributed by atoms with Crippen molar-refractivity contribution >= 4 is 0 Å². The van der Waals surface area contributed by atoms with Crippen molar-refractivity contribution in [2.45, 2.75) is 26.3 Å². The van der Waals surface area contributed by atoms with Gasteiger partial charge < -0.3 is 5.32 Å². The van der Waals surface area contributed by atoms with Crippen LogP contribution in [-0.4, -0.2) is 16.5 Å². The maximum atomic E-state index is 4.57. The van der Waals surface area contributed by atoms with Gasteiger partial charge in [0, 0.05) is 18.3 Å². The van der Waals surface area contributed by atoms with Crippen LogP contribution in [0, 0.1) is 0 Å². The highest BCUT2D eigenvalue weighted by atomic mass is 14.9. The minimum Gasteiger partial charge on any atom is -0.311 e. The summed E-state index contributed by atoms with van der Waals surface area (Å²) in [6.07, 6.45) is 4.24. The molecular formula is C15H19N3. The number of hydrogen-bond acceptors (Lipinski definition) is 3. The molecule has 94 valence electrons. The van der Waals surface area contributed by atoms with Crippen molar-refractivity contribution < 1.29 is 0 Å². The van der Waals surface area contributed by atoms with Crippen LogP contribution in [0.1, 0.15) is 25.5 Å². The van der Waals surface area contributed by atoms with Crippen molar-refractivity contribution in [3.05, 3.63) is 48.3 Å². The van der Waals surface area contributed by atoms with Crippen LogP contribution >= 0.6 is 0 Å². The lowest BCUT2D eigenvalue weighted by atomic mass is 10.2. The van der Waals surface area contributed by atoms with Gasteiger partial charge in [-0.25, -0.2) is 9.97 Å². The van der Waals surface area contributed by atoms with E-state index in [1.165, 1.54) is 12.8 Å². The minimum atomic E-state index is 0.797. The van der Waals surface area contributed by atoms with E-state index >= 15 is 0 Å². The molecule has 0 atom stereocenters. The molecule has 0 aliphatic carbocycles. The van der Waals surface area contributed by atoms with E-state index in [9.17, 15) is 0 Å². The molecule has 0 aliphatic heterocycles. The van der Waals surface area contributed by atoms with Crippen molar-refractivity contribution in [2.24, 2.45) is 0 Å². The van der Waals surface area contributed by atoms with Crippen LogP contribution in [-0.2, 0) is 6.54 Å². The lowest BCUT2D eigenvalue weighted by Crippen LogP contribution is -2.15. The number of unbranched alkanes of at least 4 members (excludes halogenated alkanes) is 1. The van der Waals surface area contributed by atoms with E-state index in [1.54, 1.807) is 0 Å². The monoisotopic (exact) mass is 241 g/mol. The standard InChI is InChI=1S/C15H19N3/c1-2-3-10-16-12-14-9-11-17-15(18-14)13-7-5-4-6-8-13/h4-9,11,16H,2-3,10,12H2,1H3. The van der Waals surface area contributed by atoms with E-state index in [1.807, 2.05) is 42.6 Å². The van der Waals surface area contributed by atoms with Crippen LogP contribution < -0.4 is 5.32 Å². The zero-order valence-corrected chi connectivity index (χ0v) is 10.8. The summed E-state index contributed by atoms with van der Waals surface area (Å²) in [6, 6.07) is 12.0. The van der Waals surface area contributed by atoms with Crippen LogP contribution in [0.5, 0.6) is 0 Å². The van der Waals surface area contributed by atoms with Crippen LogP contribution in [0.2, 0.25) is 0 Å². The van der Waals surface area contributed by atoms with Gasteiger partial charge in [0.15, 0.2) is 5.82 Å². The summed E-state index contributed by atoms with van der Waals surface area (Å²) < 4.78 is 0. The first-order valence-electron chi connectivity index (χ1n) is 6.48. The number of nitrogens with zero attached hydrogens (tertiary/aromatic N) is 2. The van der Waals surface area contributed by atoms with E-state index in [2.05, 4.69) is 22.2 Å². The van der Waals surface area contributed by atoms with Crippen LogP contribution in [0.15, 0.2) is 42.6 Å². The third-order valence-electron chi connectivity index (χ3n) is 2.76. The van der Waals surface area contributed by atoms with E-state index in [0.717, 1.165) is 30.2 Å². The fourth-order valence-corrected chi connectivity index (χ4v) is 1.74. The van der Waals surface area contributed by atoms with Crippen molar-refractivity contribution in [3.8, 4) is 11.4 Å². The van der Waals surface area contributed by atoms with E-state index in [0.29, 0.717) is 0 Å². The molecule has 18 heavy (non-hydrogen) atoms. The van der Waals surface area contributed by atoms with Gasteiger partial charge in [-0.1, -0.05) is 43.7 Å². The van der Waals surface area contributed by atoms with Gasteiger partial charge in [0.05, 0.1) is 5.69 Å². The predicted octanol–water partition coefficient (Wildman–Crippen LogP) is 3.03. The molecule has 3 heteroatoms. The Morgan fingerprint density at radius 3 is 2.72 bits per heavy atom. The number of hydrogen-bond donors (Lipinski definition) is 1. The number of nitrogens with one attached hydrogen (secondary N) is 1. The number of rotatable bonds is 6. The number of aromatic nitrogens is 2. The highest BCUT2D eigenvalue weighted by Crippen LogP contribution is 2.13. The van der Waals surface area contributed by atoms with E-state index < -0.39 is 0 Å². The second kappa shape index (κ2) is 6.87. The zero-order chi connectivity index (χ0) is 12.6. The summed E-state index contributed by atoms with van der Waals surface area (Å²) in [5.41, 5.74) is 2.10. The summed E-state index contributed by atoms with van der Waals surface area (Å²) in [5, 5.41) is 3.39. The molecule has 0 saturated heterocycles. The Morgan fingerprint density at radius 1 is 1.11 bits per heavy atom. The largest absolute Gasteiger partial charge is 0.311 e. The van der Waals surface area contributed by atoms with Crippen molar-refractivity contribution in [1.82, 2.24) is 15.3 Å². The molecule has 0 radical (unpaired) electrons. The smallest absolute Gasteiger partial charge is 0.159 e. The van der Waals surface area contributed by atoms with Gasteiger partial charge in [0.1, 0.15) is 0 Å². The molecule has 1 heterocycles. The van der Waals surface area contributed by atoms with Gasteiger partial charge in [-0.15, -0.1) is 0 Å². The van der Waals surface area contributed by atoms with Crippen molar-refractivity contribution in [2.75, 3.05) is 6.54 Å². The van der Waals surface area contributed by atoms with Crippen molar-refractivity contribution in [3.63, 3.8) is 0 Å². The Labute approximate surface area is 108 Å². The second-order valence-corrected chi connectivity index (χ2v) is 4.27. The Morgan fingerprint density at radius 2 is 1.94 bits per heavy atom. The van der Waals surface area contributed by atoms with Crippen LogP contribution in [0.4, 0.5) is 0 Å². The van der Waals surface area contributed by atoms with E-state index in [4.69, 9.17) is 0 Å². The van der Waals surface area contributed by atoms with Gasteiger partial charge in [-0.05, 0) is 19.0 Å². The normalized spacial score (nSPS) is 10.5. The summed E-state index contributed by atoms with van der Waals surface area (Å²) in [7, 11) is 0. The molecule has 0 spiro atoms. The fraction of sp³-hybridized carbons (Fsp3) is 0.333. The SMILES string of the molecule is CCCCNCc1ccnc(-c2ccccc2)n1. The molecule has 2 rings (SSSR count). The van der Waals surface area contributed by atoms with E-state index in [-0.39, 0.29) is 0 Å². The van der Waals surface area contributed by atoms with Gasteiger partial charge in [-0.2, -0.15) is 0 Å². The lowest BCUT2D eigenvalue weighted by Gasteiger charge is -2.05. The summed E-state index contributed by atoms with van der Waals surface area (Å²) in [4.78, 5) is 8.88. The minimum absolute atomic E-state index is 0.797. The lowest BCUT2D eigenvalue weighted by molar-refractivity contribution is 0.633. The first kappa shape index (κ1) is 12.7. The average Bonchev–Trinajstić information content (AvgIpc) is 2.45. The molecule has 0 aliphatic rings. The highest BCUT2D eigenvalue weighted by molar-refractivity contribution is 5.54. The summed E-state index contributed by atoms with van der Waals surface area (Å²) in [6.45, 7) is 4.05. The molecule has 0 bridgehead atoms. The quantitative estimate of drug-likeness (QED) is 0.790. The van der Waals surface area contributed by atoms with Crippen molar-refractivity contribution in [1.29, 1.82) is 0 Å². The molecule has 0 saturated carbocycles.